The van der Waals surface area contributed by atoms with Crippen molar-refractivity contribution in [3.8, 4) is 0 Å². The summed E-state index contributed by atoms with van der Waals surface area (Å²) in [5.74, 6) is 0. The van der Waals surface area contributed by atoms with Crippen molar-refractivity contribution in [2.45, 2.75) is 77.8 Å². The normalized spacial score (nSPS) is 21.6. The van der Waals surface area contributed by atoms with Gasteiger partial charge in [0.25, 0.3) is 0 Å². The lowest BCUT2D eigenvalue weighted by Crippen LogP contribution is -2.60. The van der Waals surface area contributed by atoms with Crippen LogP contribution in [0, 0.1) is 5.41 Å². The van der Waals surface area contributed by atoms with E-state index in [1.165, 1.54) is 44.1 Å². The molecule has 0 aliphatic carbocycles. The molecule has 0 bridgehead atoms. The van der Waals surface area contributed by atoms with Crippen LogP contribution in [0.3, 0.4) is 0 Å². The number of likely N-dealkylation sites (N-methyl/N-ethyl adjacent to an activating group) is 1. The van der Waals surface area contributed by atoms with Gasteiger partial charge in [-0.1, -0.05) is 64.7 Å². The summed E-state index contributed by atoms with van der Waals surface area (Å²) in [6.45, 7) is 10.8. The zero-order chi connectivity index (χ0) is 19.4. The number of nitrogens with zero attached hydrogens (tertiary/aromatic N) is 1. The maximum absolute atomic E-state index is 8.32. The lowest BCUT2D eigenvalue weighted by molar-refractivity contribution is -0.933. The van der Waals surface area contributed by atoms with E-state index in [9.17, 15) is 0 Å². The second kappa shape index (κ2) is 12.2. The number of allylic oxidation sites excluding steroid dienone is 2. The van der Waals surface area contributed by atoms with Gasteiger partial charge in [0.15, 0.2) is 0 Å². The third kappa shape index (κ3) is 7.20. The van der Waals surface area contributed by atoms with Gasteiger partial charge < -0.3 is 9.89 Å². The van der Waals surface area contributed by atoms with Crippen LogP contribution in [0.25, 0.3) is 0 Å². The third-order valence-corrected chi connectivity index (χ3v) is 5.68. The molecule has 0 amide bonds. The van der Waals surface area contributed by atoms with E-state index in [0.29, 0.717) is 11.9 Å². The van der Waals surface area contributed by atoms with E-state index in [1.54, 1.807) is 0 Å². The fraction of sp³-hybridized carbons (Fsp3) is 0.696. The summed E-state index contributed by atoms with van der Waals surface area (Å²) in [6, 6.07) is 0. The number of hydrogen-bond acceptors (Lipinski definition) is 2. The Balaban J connectivity index is 2.65. The minimum atomic E-state index is 0.484. The number of rotatable bonds is 13. The highest BCUT2D eigenvalue weighted by molar-refractivity contribution is 6.08. The van der Waals surface area contributed by atoms with Gasteiger partial charge in [0.1, 0.15) is 12.7 Å². The number of quaternary nitrogens is 1. The van der Waals surface area contributed by atoms with Crippen molar-refractivity contribution in [3.63, 3.8) is 0 Å². The molecule has 0 aromatic carbocycles. The first-order valence-corrected chi connectivity index (χ1v) is 10.6. The van der Waals surface area contributed by atoms with E-state index in [0.717, 1.165) is 42.4 Å². The summed E-state index contributed by atoms with van der Waals surface area (Å²) in [7, 11) is 4.46. The van der Waals surface area contributed by atoms with Gasteiger partial charge in [0.05, 0.1) is 19.3 Å². The van der Waals surface area contributed by atoms with Crippen LogP contribution in [0.4, 0.5) is 0 Å². The van der Waals surface area contributed by atoms with Gasteiger partial charge in [-0.05, 0) is 26.0 Å². The highest BCUT2D eigenvalue weighted by atomic mass is 15.4. The maximum atomic E-state index is 8.32. The van der Waals surface area contributed by atoms with Crippen molar-refractivity contribution in [2.75, 3.05) is 27.2 Å². The quantitative estimate of drug-likeness (QED) is 0.250. The highest BCUT2D eigenvalue weighted by Gasteiger charge is 2.34. The smallest absolute Gasteiger partial charge is 0.142 e. The summed E-state index contributed by atoms with van der Waals surface area (Å²) in [4.78, 5) is 0. The van der Waals surface area contributed by atoms with Crippen molar-refractivity contribution in [3.05, 3.63) is 36.0 Å². The number of hydrogen-bond donors (Lipinski definition) is 2. The van der Waals surface area contributed by atoms with Gasteiger partial charge in [-0.25, -0.2) is 0 Å². The molecule has 0 saturated heterocycles. The molecule has 1 heterocycles. The molecule has 2 atom stereocenters. The zero-order valence-electron chi connectivity index (χ0n) is 17.7. The van der Waals surface area contributed by atoms with Gasteiger partial charge in [0.2, 0.25) is 0 Å². The van der Waals surface area contributed by atoms with Gasteiger partial charge in [-0.15, -0.1) is 0 Å². The predicted octanol–water partition coefficient (Wildman–Crippen LogP) is 5.60. The fourth-order valence-electron chi connectivity index (χ4n) is 3.90. The van der Waals surface area contributed by atoms with Gasteiger partial charge in [-0.2, -0.15) is 0 Å². The molecular weight excluding hydrogens is 318 g/mol. The molecule has 26 heavy (non-hydrogen) atoms. The van der Waals surface area contributed by atoms with Crippen LogP contribution in [0.1, 0.15) is 71.6 Å². The fourth-order valence-corrected chi connectivity index (χ4v) is 3.90. The average molecular weight is 361 g/mol. The SMILES string of the molecule is C=C(C(=N)/C=C\CCC)C1=CCC[N+](C)(C(CCCCCCC)NC)C1. The first-order chi connectivity index (χ1) is 12.5. The van der Waals surface area contributed by atoms with Crippen LogP contribution >= 0.6 is 0 Å². The van der Waals surface area contributed by atoms with E-state index < -0.39 is 0 Å². The van der Waals surface area contributed by atoms with Crippen LogP contribution in [0.5, 0.6) is 0 Å². The minimum Gasteiger partial charge on any atom is -0.307 e. The van der Waals surface area contributed by atoms with Crippen molar-refractivity contribution in [1.82, 2.24) is 5.32 Å². The summed E-state index contributed by atoms with van der Waals surface area (Å²) < 4.78 is 1.01. The Morgan fingerprint density at radius 3 is 2.65 bits per heavy atom. The second-order valence-corrected chi connectivity index (χ2v) is 7.97. The summed E-state index contributed by atoms with van der Waals surface area (Å²) >= 11 is 0. The Morgan fingerprint density at radius 1 is 1.27 bits per heavy atom. The first kappa shape index (κ1) is 22.9. The summed E-state index contributed by atoms with van der Waals surface area (Å²) in [5.41, 5.74) is 2.73. The van der Waals surface area contributed by atoms with Crippen LogP contribution in [0.15, 0.2) is 36.0 Å². The van der Waals surface area contributed by atoms with Crippen molar-refractivity contribution >= 4 is 5.71 Å². The van der Waals surface area contributed by atoms with Crippen molar-refractivity contribution in [1.29, 1.82) is 5.41 Å². The van der Waals surface area contributed by atoms with E-state index >= 15 is 0 Å². The second-order valence-electron chi connectivity index (χ2n) is 7.97. The van der Waals surface area contributed by atoms with Crippen LogP contribution < -0.4 is 5.32 Å². The standard InChI is InChI=1S/C23H42N3/c1-6-8-10-11-13-17-23(25-4)26(5)18-14-15-21(19-26)20(3)22(24)16-12-9-7-2/h12,15-16,23-25H,3,6-11,13-14,17-19H2,1-2,4-5H3/q+1/b16-12-,24-22?. The highest BCUT2D eigenvalue weighted by Crippen LogP contribution is 2.26. The lowest BCUT2D eigenvalue weighted by atomic mass is 9.95. The van der Waals surface area contributed by atoms with Gasteiger partial charge >= 0.3 is 0 Å². The molecule has 0 aromatic rings. The zero-order valence-corrected chi connectivity index (χ0v) is 17.7. The molecule has 2 unspecified atom stereocenters. The van der Waals surface area contributed by atoms with Gasteiger partial charge in [0, 0.05) is 24.0 Å². The molecule has 3 heteroatoms. The van der Waals surface area contributed by atoms with Crippen LogP contribution in [0.2, 0.25) is 0 Å². The Morgan fingerprint density at radius 2 is 2.00 bits per heavy atom. The van der Waals surface area contributed by atoms with E-state index in [2.05, 4.69) is 52.0 Å². The Bertz CT molecular complexity index is 504. The summed E-state index contributed by atoms with van der Waals surface area (Å²) in [6.07, 6.45) is 17.9. The van der Waals surface area contributed by atoms with Crippen molar-refractivity contribution < 1.29 is 4.48 Å². The largest absolute Gasteiger partial charge is 0.307 e. The first-order valence-electron chi connectivity index (χ1n) is 10.6. The Labute approximate surface area is 162 Å². The van der Waals surface area contributed by atoms with Crippen LogP contribution in [-0.2, 0) is 0 Å². The number of unbranched alkanes of at least 4 members (excludes halogenated alkanes) is 5. The molecule has 0 aromatic heterocycles. The minimum absolute atomic E-state index is 0.484. The molecule has 0 radical (unpaired) electrons. The molecule has 0 saturated carbocycles. The molecule has 0 fully saturated rings. The molecular formula is C23H42N3+. The lowest BCUT2D eigenvalue weighted by Gasteiger charge is -2.44. The predicted molar refractivity (Wildman–Crippen MR) is 116 cm³/mol. The molecule has 3 nitrogen and oxygen atoms in total. The molecule has 1 rings (SSSR count). The Hall–Kier alpha value is -1.19. The average Bonchev–Trinajstić information content (AvgIpc) is 2.64. The molecule has 2 N–H and O–H groups in total. The van der Waals surface area contributed by atoms with Crippen molar-refractivity contribution in [2.24, 2.45) is 0 Å². The van der Waals surface area contributed by atoms with E-state index in [-0.39, 0.29) is 0 Å². The van der Waals surface area contributed by atoms with Gasteiger partial charge in [-0.3, -0.25) is 5.32 Å². The maximum Gasteiger partial charge on any atom is 0.142 e. The molecule has 1 aliphatic heterocycles. The van der Waals surface area contributed by atoms with Crippen LogP contribution in [-0.4, -0.2) is 43.5 Å². The molecule has 148 valence electrons. The van der Waals surface area contributed by atoms with E-state index in [4.69, 9.17) is 5.41 Å². The summed E-state index contributed by atoms with van der Waals surface area (Å²) in [5, 5.41) is 11.9. The third-order valence-electron chi connectivity index (χ3n) is 5.68. The Kier molecular flexibility index (Phi) is 10.8. The number of nitrogens with one attached hydrogen (secondary N) is 2. The monoisotopic (exact) mass is 360 g/mol. The topological polar surface area (TPSA) is 35.9 Å². The van der Waals surface area contributed by atoms with E-state index in [1.807, 2.05) is 6.08 Å². The molecule has 1 aliphatic rings. The molecule has 0 spiro atoms.